The monoisotopic (exact) mass is 298 g/mol. The Balaban J connectivity index is 2.26. The van der Waals surface area contributed by atoms with Crippen molar-refractivity contribution in [2.75, 3.05) is 18.1 Å². The van der Waals surface area contributed by atoms with Gasteiger partial charge in [0.15, 0.2) is 0 Å². The number of aliphatic hydroxyl groups is 1. The van der Waals surface area contributed by atoms with E-state index in [4.69, 9.17) is 5.11 Å². The van der Waals surface area contributed by atoms with Gasteiger partial charge in [-0.25, -0.2) is 4.98 Å². The first-order valence-electron chi connectivity index (χ1n) is 6.22. The van der Waals surface area contributed by atoms with Crippen LogP contribution in [0.15, 0.2) is 16.7 Å². The number of rotatable bonds is 3. The first kappa shape index (κ1) is 12.8. The summed E-state index contributed by atoms with van der Waals surface area (Å²) in [4.78, 5) is 6.84. The summed E-state index contributed by atoms with van der Waals surface area (Å²) in [6.07, 6.45) is 6.32. The van der Waals surface area contributed by atoms with Crippen molar-refractivity contribution in [1.29, 1.82) is 0 Å². The summed E-state index contributed by atoms with van der Waals surface area (Å²) in [6, 6.07) is 2.44. The van der Waals surface area contributed by atoms with E-state index in [1.807, 2.05) is 12.3 Å². The average Bonchev–Trinajstić information content (AvgIpc) is 2.34. The molecule has 1 unspecified atom stereocenters. The first-order valence-corrected chi connectivity index (χ1v) is 7.02. The van der Waals surface area contributed by atoms with Gasteiger partial charge in [-0.15, -0.1) is 0 Å². The fraction of sp³-hybridized carbons (Fsp3) is 0.615. The average molecular weight is 299 g/mol. The number of piperidine rings is 1. The predicted octanol–water partition coefficient (Wildman–Crippen LogP) is 2.89. The minimum absolute atomic E-state index is 0.255. The fourth-order valence-corrected chi connectivity index (χ4v) is 2.92. The maximum absolute atomic E-state index is 9.15. The van der Waals surface area contributed by atoms with Crippen LogP contribution in [0.2, 0.25) is 0 Å². The maximum atomic E-state index is 9.15. The van der Waals surface area contributed by atoms with E-state index in [-0.39, 0.29) is 6.61 Å². The van der Waals surface area contributed by atoms with Gasteiger partial charge in [0.05, 0.1) is 4.47 Å². The van der Waals surface area contributed by atoms with Gasteiger partial charge < -0.3 is 10.0 Å². The predicted molar refractivity (Wildman–Crippen MR) is 73.4 cm³/mol. The molecule has 4 heteroatoms. The molecule has 2 rings (SSSR count). The normalized spacial score (nSPS) is 20.6. The molecule has 0 spiro atoms. The van der Waals surface area contributed by atoms with Gasteiger partial charge in [0, 0.05) is 25.4 Å². The molecule has 0 amide bonds. The molecule has 3 nitrogen and oxygen atoms in total. The van der Waals surface area contributed by atoms with E-state index < -0.39 is 0 Å². The lowest BCUT2D eigenvalue weighted by Crippen LogP contribution is -2.40. The second-order valence-electron chi connectivity index (χ2n) is 4.62. The summed E-state index contributed by atoms with van der Waals surface area (Å²) < 4.78 is 1.09. The summed E-state index contributed by atoms with van der Waals surface area (Å²) in [6.45, 7) is 3.38. The van der Waals surface area contributed by atoms with Gasteiger partial charge in [-0.2, -0.15) is 0 Å². The zero-order valence-electron chi connectivity index (χ0n) is 10.2. The molecular formula is C13H19BrN2O. The summed E-state index contributed by atoms with van der Waals surface area (Å²) >= 11 is 3.63. The topological polar surface area (TPSA) is 36.4 Å². The van der Waals surface area contributed by atoms with E-state index in [9.17, 15) is 0 Å². The number of aromatic nitrogens is 1. The smallest absolute Gasteiger partial charge is 0.143 e. The second-order valence-corrected chi connectivity index (χ2v) is 5.41. The van der Waals surface area contributed by atoms with Gasteiger partial charge in [0.2, 0.25) is 0 Å². The van der Waals surface area contributed by atoms with Gasteiger partial charge in [-0.05, 0) is 60.2 Å². The third-order valence-electron chi connectivity index (χ3n) is 3.43. The molecule has 0 aliphatic carbocycles. The molecule has 1 aliphatic rings. The zero-order chi connectivity index (χ0) is 12.3. The Bertz CT molecular complexity index is 382. The van der Waals surface area contributed by atoms with Crippen molar-refractivity contribution in [1.82, 2.24) is 4.98 Å². The van der Waals surface area contributed by atoms with Crippen LogP contribution in [-0.4, -0.2) is 29.3 Å². The molecule has 1 atom stereocenters. The molecule has 1 N–H and O–H groups in total. The number of halogens is 1. The van der Waals surface area contributed by atoms with E-state index in [1.54, 1.807) is 0 Å². The van der Waals surface area contributed by atoms with Crippen LogP contribution in [0.1, 0.15) is 31.2 Å². The van der Waals surface area contributed by atoms with Crippen molar-refractivity contribution in [3.8, 4) is 0 Å². The lowest BCUT2D eigenvalue weighted by molar-refractivity contribution is 0.262. The van der Waals surface area contributed by atoms with E-state index in [2.05, 4.69) is 32.7 Å². The summed E-state index contributed by atoms with van der Waals surface area (Å²) in [5.41, 5.74) is 1.21. The van der Waals surface area contributed by atoms with Crippen LogP contribution < -0.4 is 4.90 Å². The van der Waals surface area contributed by atoms with Crippen molar-refractivity contribution in [3.63, 3.8) is 0 Å². The molecule has 0 bridgehead atoms. The van der Waals surface area contributed by atoms with Crippen molar-refractivity contribution in [2.24, 2.45) is 0 Å². The minimum atomic E-state index is 0.255. The van der Waals surface area contributed by atoms with Crippen LogP contribution in [0, 0.1) is 6.92 Å². The first-order chi connectivity index (χ1) is 8.24. The van der Waals surface area contributed by atoms with Gasteiger partial charge in [0.1, 0.15) is 5.82 Å². The molecule has 0 aromatic carbocycles. The van der Waals surface area contributed by atoms with Crippen LogP contribution in [0.4, 0.5) is 5.82 Å². The Morgan fingerprint density at radius 2 is 2.35 bits per heavy atom. The van der Waals surface area contributed by atoms with Gasteiger partial charge in [-0.1, -0.05) is 0 Å². The lowest BCUT2D eigenvalue weighted by Gasteiger charge is -2.37. The molecule has 94 valence electrons. The summed E-state index contributed by atoms with van der Waals surface area (Å²) in [5, 5.41) is 9.15. The van der Waals surface area contributed by atoms with Crippen LogP contribution in [0.5, 0.6) is 0 Å². The highest BCUT2D eigenvalue weighted by atomic mass is 79.9. The van der Waals surface area contributed by atoms with Crippen molar-refractivity contribution < 1.29 is 5.11 Å². The highest BCUT2D eigenvalue weighted by Gasteiger charge is 2.24. The third-order valence-corrected chi connectivity index (χ3v) is 4.41. The Labute approximate surface area is 111 Å². The van der Waals surface area contributed by atoms with Crippen LogP contribution >= 0.6 is 15.9 Å². The number of aryl methyl sites for hydroxylation is 1. The standard InChI is InChI=1S/C13H19BrN2O/c1-10-5-7-15-13(12(10)14)16-8-3-2-4-11(16)6-9-17/h5,7,11,17H,2-4,6,8-9H2,1H3. The number of nitrogens with zero attached hydrogens (tertiary/aromatic N) is 2. The minimum Gasteiger partial charge on any atom is -0.396 e. The van der Waals surface area contributed by atoms with Gasteiger partial charge in [0.25, 0.3) is 0 Å². The molecule has 0 radical (unpaired) electrons. The largest absolute Gasteiger partial charge is 0.396 e. The van der Waals surface area contributed by atoms with Crippen molar-refractivity contribution >= 4 is 21.7 Å². The second kappa shape index (κ2) is 5.83. The van der Waals surface area contributed by atoms with Crippen molar-refractivity contribution in [3.05, 3.63) is 22.3 Å². The number of anilines is 1. The Hall–Kier alpha value is -0.610. The fourth-order valence-electron chi connectivity index (χ4n) is 2.45. The summed E-state index contributed by atoms with van der Waals surface area (Å²) in [5.74, 6) is 1.03. The maximum Gasteiger partial charge on any atom is 0.143 e. The van der Waals surface area contributed by atoms with E-state index in [0.29, 0.717) is 6.04 Å². The number of aliphatic hydroxyl groups excluding tert-OH is 1. The van der Waals surface area contributed by atoms with Crippen LogP contribution in [-0.2, 0) is 0 Å². The molecule has 17 heavy (non-hydrogen) atoms. The molecule has 1 aromatic rings. The molecular weight excluding hydrogens is 280 g/mol. The van der Waals surface area contributed by atoms with E-state index in [1.165, 1.54) is 18.4 Å². The lowest BCUT2D eigenvalue weighted by atomic mass is 9.99. The number of hydrogen-bond acceptors (Lipinski definition) is 3. The zero-order valence-corrected chi connectivity index (χ0v) is 11.8. The molecule has 0 saturated carbocycles. The highest BCUT2D eigenvalue weighted by Crippen LogP contribution is 2.32. The summed E-state index contributed by atoms with van der Waals surface area (Å²) in [7, 11) is 0. The third kappa shape index (κ3) is 2.80. The Kier molecular flexibility index (Phi) is 4.40. The SMILES string of the molecule is Cc1ccnc(N2CCCCC2CCO)c1Br. The molecule has 1 saturated heterocycles. The quantitative estimate of drug-likeness (QED) is 0.932. The number of pyridine rings is 1. The van der Waals surface area contributed by atoms with E-state index in [0.717, 1.165) is 29.7 Å². The molecule has 1 aliphatic heterocycles. The molecule has 1 fully saturated rings. The Morgan fingerprint density at radius 3 is 3.12 bits per heavy atom. The molecule has 2 heterocycles. The van der Waals surface area contributed by atoms with E-state index >= 15 is 0 Å². The van der Waals surface area contributed by atoms with Crippen LogP contribution in [0.25, 0.3) is 0 Å². The van der Waals surface area contributed by atoms with Gasteiger partial charge in [-0.3, -0.25) is 0 Å². The Morgan fingerprint density at radius 1 is 1.53 bits per heavy atom. The van der Waals surface area contributed by atoms with Crippen LogP contribution in [0.3, 0.4) is 0 Å². The van der Waals surface area contributed by atoms with Crippen molar-refractivity contribution in [2.45, 2.75) is 38.6 Å². The number of hydrogen-bond donors (Lipinski definition) is 1. The molecule has 1 aromatic heterocycles. The highest BCUT2D eigenvalue weighted by molar-refractivity contribution is 9.10. The van der Waals surface area contributed by atoms with Gasteiger partial charge >= 0.3 is 0 Å².